The van der Waals surface area contributed by atoms with Crippen LogP contribution in [0.2, 0.25) is 0 Å². The molecule has 1 atom stereocenters. The lowest BCUT2D eigenvalue weighted by Gasteiger charge is -2.35. The van der Waals surface area contributed by atoms with E-state index in [1.807, 2.05) is 17.9 Å². The zero-order valence-corrected chi connectivity index (χ0v) is 12.5. The number of piperazine rings is 1. The molecule has 1 saturated heterocycles. The van der Waals surface area contributed by atoms with Crippen LogP contribution in [0.4, 0.5) is 0 Å². The highest BCUT2D eigenvalue weighted by Crippen LogP contribution is 2.22. The molecular weight excluding hydrogens is 282 g/mol. The Balaban J connectivity index is 0.00000133. The van der Waals surface area contributed by atoms with E-state index in [0.717, 1.165) is 37.7 Å². The topological polar surface area (TPSA) is 46.0 Å². The van der Waals surface area contributed by atoms with E-state index in [-0.39, 0.29) is 12.4 Å². The molecule has 0 amide bonds. The highest BCUT2D eigenvalue weighted by molar-refractivity contribution is 7.07. The number of thiazole rings is 1. The van der Waals surface area contributed by atoms with Gasteiger partial charge in [-0.25, -0.2) is 9.97 Å². The van der Waals surface area contributed by atoms with Gasteiger partial charge in [0.15, 0.2) is 0 Å². The molecule has 0 bridgehead atoms. The summed E-state index contributed by atoms with van der Waals surface area (Å²) in [5.74, 6) is 1.12. The summed E-state index contributed by atoms with van der Waals surface area (Å²) < 4.78 is 2.10. The Labute approximate surface area is 123 Å². The Morgan fingerprint density at radius 3 is 3.05 bits per heavy atom. The summed E-state index contributed by atoms with van der Waals surface area (Å²) in [7, 11) is 2.05. The van der Waals surface area contributed by atoms with Crippen molar-refractivity contribution in [2.24, 2.45) is 7.05 Å². The molecular formula is C12H18ClN5S. The van der Waals surface area contributed by atoms with Gasteiger partial charge >= 0.3 is 0 Å². The molecule has 0 aliphatic carbocycles. The predicted octanol–water partition coefficient (Wildman–Crippen LogP) is 1.44. The van der Waals surface area contributed by atoms with E-state index < -0.39 is 0 Å². The van der Waals surface area contributed by atoms with Crippen molar-refractivity contribution in [2.75, 3.05) is 19.6 Å². The third-order valence-corrected chi connectivity index (χ3v) is 3.99. The van der Waals surface area contributed by atoms with E-state index in [2.05, 4.69) is 37.2 Å². The van der Waals surface area contributed by atoms with Crippen molar-refractivity contribution in [1.82, 2.24) is 24.8 Å². The first-order chi connectivity index (χ1) is 8.84. The van der Waals surface area contributed by atoms with Crippen molar-refractivity contribution < 1.29 is 0 Å². The molecule has 1 aliphatic rings. The molecule has 0 aromatic carbocycles. The summed E-state index contributed by atoms with van der Waals surface area (Å²) in [4.78, 5) is 11.3. The lowest BCUT2D eigenvalue weighted by atomic mass is 10.1. The summed E-state index contributed by atoms with van der Waals surface area (Å²) in [6, 6.07) is 0.334. The molecule has 1 fully saturated rings. The minimum Gasteiger partial charge on any atom is -0.337 e. The molecule has 3 heterocycles. The maximum atomic E-state index is 4.48. The van der Waals surface area contributed by atoms with Crippen LogP contribution < -0.4 is 5.32 Å². The number of hydrogen-bond acceptors (Lipinski definition) is 5. The van der Waals surface area contributed by atoms with E-state index >= 15 is 0 Å². The van der Waals surface area contributed by atoms with Gasteiger partial charge in [-0.05, 0) is 0 Å². The van der Waals surface area contributed by atoms with E-state index in [4.69, 9.17) is 0 Å². The van der Waals surface area contributed by atoms with Crippen LogP contribution in [0.25, 0.3) is 0 Å². The van der Waals surface area contributed by atoms with E-state index in [1.54, 1.807) is 11.3 Å². The first-order valence-electron chi connectivity index (χ1n) is 6.13. The van der Waals surface area contributed by atoms with Crippen molar-refractivity contribution in [1.29, 1.82) is 0 Å². The highest BCUT2D eigenvalue weighted by Gasteiger charge is 2.26. The van der Waals surface area contributed by atoms with Gasteiger partial charge in [-0.1, -0.05) is 0 Å². The molecule has 3 rings (SSSR count). The summed E-state index contributed by atoms with van der Waals surface area (Å²) in [5, 5.41) is 5.57. The van der Waals surface area contributed by atoms with E-state index in [0.29, 0.717) is 6.04 Å². The third kappa shape index (κ3) is 3.14. The molecule has 5 nitrogen and oxygen atoms in total. The maximum absolute atomic E-state index is 4.48. The highest BCUT2D eigenvalue weighted by atomic mass is 35.5. The van der Waals surface area contributed by atoms with Gasteiger partial charge in [0.05, 0.1) is 17.2 Å². The lowest BCUT2D eigenvalue weighted by molar-refractivity contribution is 0.143. The van der Waals surface area contributed by atoms with Crippen LogP contribution in [0.5, 0.6) is 0 Å². The fourth-order valence-electron chi connectivity index (χ4n) is 2.41. The van der Waals surface area contributed by atoms with Crippen molar-refractivity contribution in [3.05, 3.63) is 34.8 Å². The van der Waals surface area contributed by atoms with E-state index in [1.165, 1.54) is 0 Å². The molecule has 1 N–H and O–H groups in total. The normalized spacial score (nSPS) is 20.2. The van der Waals surface area contributed by atoms with Gasteiger partial charge in [-0.3, -0.25) is 4.90 Å². The Bertz CT molecular complexity index is 498. The predicted molar refractivity (Wildman–Crippen MR) is 78.6 cm³/mol. The van der Waals surface area contributed by atoms with Gasteiger partial charge in [-0.2, -0.15) is 0 Å². The summed E-state index contributed by atoms with van der Waals surface area (Å²) in [6.07, 6.45) is 3.87. The quantitative estimate of drug-likeness (QED) is 0.932. The van der Waals surface area contributed by atoms with Crippen LogP contribution in [-0.2, 0) is 13.6 Å². The Kier molecular flexibility index (Phi) is 4.93. The number of rotatable bonds is 3. The van der Waals surface area contributed by atoms with E-state index in [9.17, 15) is 0 Å². The van der Waals surface area contributed by atoms with Gasteiger partial charge in [0.2, 0.25) is 0 Å². The molecule has 0 saturated carbocycles. The molecule has 1 unspecified atom stereocenters. The summed E-state index contributed by atoms with van der Waals surface area (Å²) in [6.45, 7) is 3.93. The largest absolute Gasteiger partial charge is 0.337 e. The Morgan fingerprint density at radius 2 is 2.37 bits per heavy atom. The van der Waals surface area contributed by atoms with Crippen molar-refractivity contribution in [2.45, 2.75) is 12.6 Å². The van der Waals surface area contributed by atoms with Crippen molar-refractivity contribution >= 4 is 23.7 Å². The number of nitrogens with zero attached hydrogens (tertiary/aromatic N) is 4. The first-order valence-corrected chi connectivity index (χ1v) is 7.08. The van der Waals surface area contributed by atoms with Crippen LogP contribution >= 0.6 is 23.7 Å². The number of nitrogens with one attached hydrogen (secondary N) is 1. The van der Waals surface area contributed by atoms with Gasteiger partial charge in [-0.15, -0.1) is 23.7 Å². The molecule has 0 spiro atoms. The van der Waals surface area contributed by atoms with Crippen LogP contribution in [0.3, 0.4) is 0 Å². The molecule has 7 heteroatoms. The Hall–Kier alpha value is -0.950. The minimum absolute atomic E-state index is 0. The Morgan fingerprint density at radius 1 is 1.47 bits per heavy atom. The molecule has 104 valence electrons. The lowest BCUT2D eigenvalue weighted by Crippen LogP contribution is -2.46. The monoisotopic (exact) mass is 299 g/mol. The second-order valence-electron chi connectivity index (χ2n) is 4.57. The van der Waals surface area contributed by atoms with Gasteiger partial charge in [0.25, 0.3) is 0 Å². The SMILES string of the molecule is Cl.Cn1ccnc1C1CNCCN1Cc1cscn1. The van der Waals surface area contributed by atoms with Gasteiger partial charge in [0, 0.05) is 51.0 Å². The fraction of sp³-hybridized carbons (Fsp3) is 0.500. The number of aromatic nitrogens is 3. The third-order valence-electron chi connectivity index (χ3n) is 3.36. The molecule has 19 heavy (non-hydrogen) atoms. The minimum atomic E-state index is 0. The van der Waals surface area contributed by atoms with Crippen LogP contribution in [0.1, 0.15) is 17.6 Å². The van der Waals surface area contributed by atoms with Crippen molar-refractivity contribution in [3.63, 3.8) is 0 Å². The number of imidazole rings is 1. The zero-order valence-electron chi connectivity index (χ0n) is 10.8. The summed E-state index contributed by atoms with van der Waals surface area (Å²) in [5.41, 5.74) is 3.05. The van der Waals surface area contributed by atoms with Crippen LogP contribution in [-0.4, -0.2) is 39.1 Å². The van der Waals surface area contributed by atoms with Crippen LogP contribution in [0, 0.1) is 0 Å². The number of hydrogen-bond donors (Lipinski definition) is 1. The maximum Gasteiger partial charge on any atom is 0.127 e. The molecule has 2 aromatic rings. The first kappa shape index (κ1) is 14.5. The second kappa shape index (κ2) is 6.47. The molecule has 0 radical (unpaired) electrons. The fourth-order valence-corrected chi connectivity index (χ4v) is 2.96. The van der Waals surface area contributed by atoms with Crippen LogP contribution in [0.15, 0.2) is 23.3 Å². The molecule has 1 aliphatic heterocycles. The zero-order chi connectivity index (χ0) is 12.4. The standard InChI is InChI=1S/C12H17N5S.ClH/c1-16-4-3-14-12(16)11-6-13-2-5-17(11)7-10-8-18-9-15-10;/h3-4,8-9,11,13H,2,5-7H2,1H3;1H. The molecule has 2 aromatic heterocycles. The average molecular weight is 300 g/mol. The average Bonchev–Trinajstić information content (AvgIpc) is 3.02. The number of aryl methyl sites for hydroxylation is 1. The van der Waals surface area contributed by atoms with Crippen molar-refractivity contribution in [3.8, 4) is 0 Å². The summed E-state index contributed by atoms with van der Waals surface area (Å²) >= 11 is 1.66. The second-order valence-corrected chi connectivity index (χ2v) is 5.29. The van der Waals surface area contributed by atoms with Gasteiger partial charge < -0.3 is 9.88 Å². The van der Waals surface area contributed by atoms with Gasteiger partial charge in [0.1, 0.15) is 5.82 Å². The number of halogens is 1. The smallest absolute Gasteiger partial charge is 0.127 e.